The van der Waals surface area contributed by atoms with Crippen molar-refractivity contribution in [1.82, 2.24) is 5.32 Å². The molecule has 19 heavy (non-hydrogen) atoms. The Hall–Kier alpha value is -0.550. The molecule has 0 amide bonds. The second-order valence-electron chi connectivity index (χ2n) is 5.05. The largest absolute Gasteiger partial charge is 0.416 e. The number of benzene rings is 1. The molecule has 1 atom stereocenters. The van der Waals surface area contributed by atoms with Crippen LogP contribution in [0.4, 0.5) is 13.2 Å². The number of alkyl halides is 3. The van der Waals surface area contributed by atoms with Gasteiger partial charge in [-0.2, -0.15) is 13.2 Å². The third-order valence-corrected chi connectivity index (χ3v) is 3.80. The Morgan fingerprint density at radius 3 is 2.32 bits per heavy atom. The molecule has 0 aromatic heterocycles. The summed E-state index contributed by atoms with van der Waals surface area (Å²) < 4.78 is 38.9. The summed E-state index contributed by atoms with van der Waals surface area (Å²) in [6, 6.07) is 3.73. The number of halogens is 4. The van der Waals surface area contributed by atoms with E-state index in [9.17, 15) is 13.2 Å². The highest BCUT2D eigenvalue weighted by Crippen LogP contribution is 2.35. The summed E-state index contributed by atoms with van der Waals surface area (Å²) in [5.41, 5.74) is 0.0634. The predicted octanol–water partition coefficient (Wildman–Crippen LogP) is 5.16. The molecular weight excluding hydrogens is 319 g/mol. The Labute approximate surface area is 120 Å². The van der Waals surface area contributed by atoms with E-state index in [1.165, 1.54) is 12.1 Å². The van der Waals surface area contributed by atoms with Crippen LogP contribution in [0.3, 0.4) is 0 Å². The van der Waals surface area contributed by atoms with Gasteiger partial charge in [0, 0.05) is 10.5 Å². The summed E-state index contributed by atoms with van der Waals surface area (Å²) in [6.45, 7) is 4.21. The lowest BCUT2D eigenvalue weighted by Crippen LogP contribution is -2.18. The minimum Gasteiger partial charge on any atom is -0.313 e. The summed E-state index contributed by atoms with van der Waals surface area (Å²) >= 11 is 3.34. The third kappa shape index (κ3) is 4.80. The molecule has 1 aromatic carbocycles. The van der Waals surface area contributed by atoms with Gasteiger partial charge in [0.2, 0.25) is 0 Å². The van der Waals surface area contributed by atoms with E-state index in [4.69, 9.17) is 0 Å². The van der Waals surface area contributed by atoms with Gasteiger partial charge in [0.05, 0.1) is 5.56 Å². The van der Waals surface area contributed by atoms with Crippen LogP contribution in [0.25, 0.3) is 0 Å². The molecule has 1 unspecified atom stereocenters. The van der Waals surface area contributed by atoms with E-state index in [2.05, 4.69) is 35.1 Å². The number of nitrogens with one attached hydrogen (secondary N) is 1. The van der Waals surface area contributed by atoms with E-state index < -0.39 is 11.7 Å². The van der Waals surface area contributed by atoms with Gasteiger partial charge in [-0.15, -0.1) is 0 Å². The molecule has 5 heteroatoms. The van der Waals surface area contributed by atoms with Crippen molar-refractivity contribution in [2.24, 2.45) is 5.92 Å². The fourth-order valence-corrected chi connectivity index (χ4v) is 2.47. The first-order valence-corrected chi connectivity index (χ1v) is 7.09. The molecule has 0 heterocycles. The molecular formula is C14H19BrF3N. The number of rotatable bonds is 5. The maximum absolute atomic E-state index is 12.7. The lowest BCUT2D eigenvalue weighted by atomic mass is 9.96. The average Bonchev–Trinajstić information content (AvgIpc) is 2.30. The van der Waals surface area contributed by atoms with Crippen molar-refractivity contribution in [1.29, 1.82) is 0 Å². The van der Waals surface area contributed by atoms with E-state index in [-0.39, 0.29) is 6.04 Å². The first kappa shape index (κ1) is 16.5. The van der Waals surface area contributed by atoms with Gasteiger partial charge in [-0.05, 0) is 49.6 Å². The summed E-state index contributed by atoms with van der Waals surface area (Å²) in [7, 11) is 1.78. The Morgan fingerprint density at radius 1 is 1.21 bits per heavy atom. The molecule has 0 bridgehead atoms. The zero-order valence-corrected chi connectivity index (χ0v) is 12.9. The van der Waals surface area contributed by atoms with Crippen LogP contribution in [-0.4, -0.2) is 7.05 Å². The van der Waals surface area contributed by atoms with Crippen LogP contribution in [0.15, 0.2) is 22.7 Å². The minimum absolute atomic E-state index is 0.0703. The lowest BCUT2D eigenvalue weighted by molar-refractivity contribution is -0.137. The Kier molecular flexibility index (Phi) is 5.86. The van der Waals surface area contributed by atoms with E-state index in [1.54, 1.807) is 7.05 Å². The molecule has 1 rings (SSSR count). The Balaban J connectivity index is 3.02. The molecule has 1 nitrogen and oxygen atoms in total. The summed E-state index contributed by atoms with van der Waals surface area (Å²) in [4.78, 5) is 0. The van der Waals surface area contributed by atoms with Crippen LogP contribution in [0.1, 0.15) is 43.9 Å². The van der Waals surface area contributed by atoms with Crippen molar-refractivity contribution >= 4 is 15.9 Å². The highest BCUT2D eigenvalue weighted by molar-refractivity contribution is 9.10. The van der Waals surface area contributed by atoms with Crippen LogP contribution >= 0.6 is 15.9 Å². The number of hydrogen-bond acceptors (Lipinski definition) is 1. The Morgan fingerprint density at radius 2 is 1.84 bits per heavy atom. The molecule has 1 N–H and O–H groups in total. The van der Waals surface area contributed by atoms with Gasteiger partial charge >= 0.3 is 6.18 Å². The van der Waals surface area contributed by atoms with Gasteiger partial charge < -0.3 is 5.32 Å². The van der Waals surface area contributed by atoms with E-state index in [1.807, 2.05) is 0 Å². The summed E-state index contributed by atoms with van der Waals surface area (Å²) in [5, 5.41) is 3.10. The van der Waals surface area contributed by atoms with Crippen LogP contribution in [0.2, 0.25) is 0 Å². The van der Waals surface area contributed by atoms with Crippen molar-refractivity contribution in [3.05, 3.63) is 33.8 Å². The summed E-state index contributed by atoms with van der Waals surface area (Å²) in [5.74, 6) is 0.528. The SMILES string of the molecule is CNC(CCC(C)C)c1cc(C(F)(F)F)ccc1Br. The maximum Gasteiger partial charge on any atom is 0.416 e. The second-order valence-corrected chi connectivity index (χ2v) is 5.90. The van der Waals surface area contributed by atoms with Crippen LogP contribution in [0.5, 0.6) is 0 Å². The minimum atomic E-state index is -4.30. The molecule has 0 saturated heterocycles. The normalized spacial score (nSPS) is 13.9. The highest BCUT2D eigenvalue weighted by Gasteiger charge is 2.31. The van der Waals surface area contributed by atoms with Gasteiger partial charge in [-0.1, -0.05) is 29.8 Å². The van der Waals surface area contributed by atoms with Crippen LogP contribution < -0.4 is 5.32 Å². The van der Waals surface area contributed by atoms with E-state index >= 15 is 0 Å². The van der Waals surface area contributed by atoms with E-state index in [0.717, 1.165) is 18.9 Å². The standard InChI is InChI=1S/C14H19BrF3N/c1-9(2)4-7-13(19-3)11-8-10(14(16,17)18)5-6-12(11)15/h5-6,8-9,13,19H,4,7H2,1-3H3. The van der Waals surface area contributed by atoms with Gasteiger partial charge in [0.25, 0.3) is 0 Å². The van der Waals surface area contributed by atoms with E-state index in [0.29, 0.717) is 16.0 Å². The van der Waals surface area contributed by atoms with Crippen LogP contribution in [-0.2, 0) is 6.18 Å². The fraction of sp³-hybridized carbons (Fsp3) is 0.571. The van der Waals surface area contributed by atoms with Gasteiger partial charge in [-0.25, -0.2) is 0 Å². The first-order chi connectivity index (χ1) is 8.75. The van der Waals surface area contributed by atoms with Crippen molar-refractivity contribution < 1.29 is 13.2 Å². The molecule has 0 saturated carbocycles. The maximum atomic E-state index is 12.7. The fourth-order valence-electron chi connectivity index (χ4n) is 1.94. The van der Waals surface area contributed by atoms with Gasteiger partial charge in [0.15, 0.2) is 0 Å². The van der Waals surface area contributed by atoms with Crippen LogP contribution in [0, 0.1) is 5.92 Å². The zero-order chi connectivity index (χ0) is 14.6. The Bertz CT molecular complexity index is 416. The molecule has 1 aromatic rings. The molecule has 0 radical (unpaired) electrons. The molecule has 0 aliphatic carbocycles. The molecule has 0 spiro atoms. The van der Waals surface area contributed by atoms with Gasteiger partial charge in [0.1, 0.15) is 0 Å². The molecule has 0 fully saturated rings. The monoisotopic (exact) mass is 337 g/mol. The topological polar surface area (TPSA) is 12.0 Å². The summed E-state index contributed by atoms with van der Waals surface area (Å²) in [6.07, 6.45) is -2.52. The zero-order valence-electron chi connectivity index (χ0n) is 11.3. The first-order valence-electron chi connectivity index (χ1n) is 6.29. The van der Waals surface area contributed by atoms with Crippen molar-refractivity contribution in [3.63, 3.8) is 0 Å². The highest BCUT2D eigenvalue weighted by atomic mass is 79.9. The molecule has 0 aliphatic rings. The smallest absolute Gasteiger partial charge is 0.313 e. The molecule has 108 valence electrons. The average molecular weight is 338 g/mol. The quantitative estimate of drug-likeness (QED) is 0.781. The van der Waals surface area contributed by atoms with Gasteiger partial charge in [-0.3, -0.25) is 0 Å². The van der Waals surface area contributed by atoms with Crippen molar-refractivity contribution in [3.8, 4) is 0 Å². The van der Waals surface area contributed by atoms with Crippen molar-refractivity contribution in [2.45, 2.75) is 38.9 Å². The second kappa shape index (κ2) is 6.75. The van der Waals surface area contributed by atoms with Crippen molar-refractivity contribution in [2.75, 3.05) is 7.05 Å². The third-order valence-electron chi connectivity index (χ3n) is 3.08. The molecule has 0 aliphatic heterocycles. The lowest BCUT2D eigenvalue weighted by Gasteiger charge is -2.20. The number of hydrogen-bond donors (Lipinski definition) is 1. The predicted molar refractivity (Wildman–Crippen MR) is 75.0 cm³/mol.